The quantitative estimate of drug-likeness (QED) is 0.569. The second-order valence-corrected chi connectivity index (χ2v) is 5.47. The number of nitrogens with two attached hydrogens (primary N) is 1. The van der Waals surface area contributed by atoms with Crippen molar-refractivity contribution in [1.82, 2.24) is 5.32 Å². The van der Waals surface area contributed by atoms with Crippen molar-refractivity contribution in [2.24, 2.45) is 11.7 Å². The molecule has 1 aliphatic rings. The minimum atomic E-state index is -0.922. The van der Waals surface area contributed by atoms with Gasteiger partial charge < -0.3 is 25.3 Å². The second-order valence-electron chi connectivity index (χ2n) is 5.03. The summed E-state index contributed by atoms with van der Waals surface area (Å²) < 4.78 is 16.3. The summed E-state index contributed by atoms with van der Waals surface area (Å²) >= 11 is 4.84. The van der Waals surface area contributed by atoms with E-state index >= 15 is 0 Å². The number of nitrogens with one attached hydrogen (secondary N) is 1. The molecular formula is C13H22N2O5S. The molecule has 0 bridgehead atoms. The lowest BCUT2D eigenvalue weighted by Crippen LogP contribution is -2.63. The zero-order chi connectivity index (χ0) is 16.2. The summed E-state index contributed by atoms with van der Waals surface area (Å²) in [6.07, 6.45) is -0.999. The van der Waals surface area contributed by atoms with E-state index in [1.165, 1.54) is 13.8 Å². The topological polar surface area (TPSA) is 99.9 Å². The number of ether oxygens (including phenoxy) is 3. The Balaban J connectivity index is 3.05. The Morgan fingerprint density at radius 3 is 2.29 bits per heavy atom. The van der Waals surface area contributed by atoms with Crippen LogP contribution in [0, 0.1) is 5.92 Å². The van der Waals surface area contributed by atoms with Crippen molar-refractivity contribution >= 4 is 29.3 Å². The molecule has 120 valence electrons. The summed E-state index contributed by atoms with van der Waals surface area (Å²) in [6.45, 7) is 6.45. The van der Waals surface area contributed by atoms with Crippen LogP contribution in [-0.2, 0) is 23.8 Å². The molecule has 0 spiro atoms. The van der Waals surface area contributed by atoms with Gasteiger partial charge in [-0.3, -0.25) is 9.59 Å². The molecule has 0 aromatic rings. The standard InChI is InChI=1S/C13H22N2O5S/c1-5-9-6(2)11(18-7(3)16)10(15-13(14)21)12(20-9)19-8(4)17/h6,9-12H,5H2,1-4H3,(H3,14,15,21)/t6-,9-,10-,11+,12?/m1/s1. The van der Waals surface area contributed by atoms with Gasteiger partial charge in [-0.25, -0.2) is 0 Å². The highest BCUT2D eigenvalue weighted by atomic mass is 32.1. The van der Waals surface area contributed by atoms with Gasteiger partial charge >= 0.3 is 11.9 Å². The third-order valence-corrected chi connectivity index (χ3v) is 3.47. The van der Waals surface area contributed by atoms with E-state index in [4.69, 9.17) is 32.2 Å². The monoisotopic (exact) mass is 318 g/mol. The van der Waals surface area contributed by atoms with Crippen molar-refractivity contribution in [3.63, 3.8) is 0 Å². The molecule has 0 aromatic carbocycles. The van der Waals surface area contributed by atoms with Crippen LogP contribution in [-0.4, -0.2) is 41.6 Å². The van der Waals surface area contributed by atoms with E-state index in [2.05, 4.69) is 5.32 Å². The fourth-order valence-corrected chi connectivity index (χ4v) is 2.63. The number of rotatable bonds is 4. The normalized spacial score (nSPS) is 32.1. The Labute approximate surface area is 129 Å². The molecule has 0 aliphatic carbocycles. The van der Waals surface area contributed by atoms with Gasteiger partial charge in [-0.2, -0.15) is 0 Å². The predicted molar refractivity (Wildman–Crippen MR) is 79.1 cm³/mol. The molecule has 1 saturated heterocycles. The first-order chi connectivity index (χ1) is 9.76. The number of esters is 2. The summed E-state index contributed by atoms with van der Waals surface area (Å²) in [4.78, 5) is 22.6. The Kier molecular flexibility index (Phi) is 6.35. The molecule has 5 atom stereocenters. The molecule has 1 unspecified atom stereocenters. The number of carbonyl (C=O) groups is 2. The molecule has 0 amide bonds. The maximum absolute atomic E-state index is 11.4. The average molecular weight is 318 g/mol. The van der Waals surface area contributed by atoms with E-state index in [1.54, 1.807) is 0 Å². The largest absolute Gasteiger partial charge is 0.460 e. The van der Waals surface area contributed by atoms with E-state index in [1.807, 2.05) is 13.8 Å². The predicted octanol–water partition coefficient (Wildman–Crippen LogP) is 0.454. The van der Waals surface area contributed by atoms with Crippen LogP contribution >= 0.6 is 12.2 Å². The maximum Gasteiger partial charge on any atom is 0.305 e. The highest BCUT2D eigenvalue weighted by Gasteiger charge is 2.47. The molecule has 0 saturated carbocycles. The summed E-state index contributed by atoms with van der Waals surface area (Å²) in [6, 6.07) is -0.645. The fraction of sp³-hybridized carbons (Fsp3) is 0.769. The number of hydrogen-bond acceptors (Lipinski definition) is 6. The van der Waals surface area contributed by atoms with Crippen molar-refractivity contribution in [3.8, 4) is 0 Å². The molecule has 8 heteroatoms. The molecule has 1 rings (SSSR count). The first-order valence-corrected chi connectivity index (χ1v) is 7.23. The Morgan fingerprint density at radius 1 is 1.29 bits per heavy atom. The summed E-state index contributed by atoms with van der Waals surface area (Å²) in [5, 5.41) is 2.81. The Hall–Kier alpha value is -1.41. The van der Waals surface area contributed by atoms with E-state index < -0.39 is 30.4 Å². The van der Waals surface area contributed by atoms with E-state index in [-0.39, 0.29) is 17.1 Å². The van der Waals surface area contributed by atoms with Gasteiger partial charge in [0, 0.05) is 19.8 Å². The number of carbonyl (C=O) groups excluding carboxylic acids is 2. The SMILES string of the molecule is CC[C@H]1OC(OC(C)=O)[C@H](NC(N)=S)[C@@H](OC(C)=O)[C@@H]1C. The molecule has 0 aromatic heterocycles. The molecule has 7 nitrogen and oxygen atoms in total. The Morgan fingerprint density at radius 2 is 1.86 bits per heavy atom. The lowest BCUT2D eigenvalue weighted by atomic mass is 9.87. The van der Waals surface area contributed by atoms with Crippen molar-refractivity contribution in [3.05, 3.63) is 0 Å². The zero-order valence-electron chi connectivity index (χ0n) is 12.6. The van der Waals surface area contributed by atoms with Crippen LogP contribution in [0.15, 0.2) is 0 Å². The van der Waals surface area contributed by atoms with Crippen LogP contribution < -0.4 is 11.1 Å². The second kappa shape index (κ2) is 7.56. The molecule has 21 heavy (non-hydrogen) atoms. The van der Waals surface area contributed by atoms with Gasteiger partial charge in [0.25, 0.3) is 0 Å². The highest BCUT2D eigenvalue weighted by molar-refractivity contribution is 7.80. The third kappa shape index (κ3) is 4.82. The third-order valence-electron chi connectivity index (χ3n) is 3.36. The summed E-state index contributed by atoms with van der Waals surface area (Å²) in [5.74, 6) is -1.03. The minimum absolute atomic E-state index is 0.0139. The lowest BCUT2D eigenvalue weighted by molar-refractivity contribution is -0.244. The Bertz CT molecular complexity index is 417. The average Bonchev–Trinajstić information content (AvgIpc) is 2.35. The molecule has 0 radical (unpaired) electrons. The van der Waals surface area contributed by atoms with Crippen molar-refractivity contribution in [2.45, 2.75) is 58.7 Å². The number of thiocarbonyl (C=S) groups is 1. The van der Waals surface area contributed by atoms with Gasteiger partial charge in [-0.05, 0) is 18.6 Å². The van der Waals surface area contributed by atoms with Crippen LogP contribution in [0.1, 0.15) is 34.1 Å². The van der Waals surface area contributed by atoms with Crippen LogP contribution in [0.3, 0.4) is 0 Å². The van der Waals surface area contributed by atoms with Crippen LogP contribution in [0.25, 0.3) is 0 Å². The van der Waals surface area contributed by atoms with Crippen LogP contribution in [0.4, 0.5) is 0 Å². The summed E-state index contributed by atoms with van der Waals surface area (Å²) in [7, 11) is 0. The smallest absolute Gasteiger partial charge is 0.305 e. The first kappa shape index (κ1) is 17.6. The van der Waals surface area contributed by atoms with Gasteiger partial charge in [-0.15, -0.1) is 0 Å². The van der Waals surface area contributed by atoms with Crippen molar-refractivity contribution in [2.75, 3.05) is 0 Å². The fourth-order valence-electron chi connectivity index (χ4n) is 2.49. The molecule has 1 heterocycles. The number of hydrogen-bond donors (Lipinski definition) is 2. The molecule has 1 aliphatic heterocycles. The van der Waals surface area contributed by atoms with Gasteiger partial charge in [0.2, 0.25) is 6.29 Å². The highest BCUT2D eigenvalue weighted by Crippen LogP contribution is 2.30. The van der Waals surface area contributed by atoms with Crippen molar-refractivity contribution in [1.29, 1.82) is 0 Å². The van der Waals surface area contributed by atoms with Crippen LogP contribution in [0.2, 0.25) is 0 Å². The minimum Gasteiger partial charge on any atom is -0.460 e. The summed E-state index contributed by atoms with van der Waals surface area (Å²) in [5.41, 5.74) is 5.51. The molecular weight excluding hydrogens is 296 g/mol. The first-order valence-electron chi connectivity index (χ1n) is 6.82. The van der Waals surface area contributed by atoms with Gasteiger partial charge in [0.15, 0.2) is 5.11 Å². The van der Waals surface area contributed by atoms with E-state index in [0.717, 1.165) is 0 Å². The van der Waals surface area contributed by atoms with E-state index in [9.17, 15) is 9.59 Å². The van der Waals surface area contributed by atoms with Gasteiger partial charge in [0.1, 0.15) is 12.1 Å². The van der Waals surface area contributed by atoms with Gasteiger partial charge in [0.05, 0.1) is 6.10 Å². The maximum atomic E-state index is 11.4. The molecule has 1 fully saturated rings. The van der Waals surface area contributed by atoms with Crippen molar-refractivity contribution < 1.29 is 23.8 Å². The van der Waals surface area contributed by atoms with E-state index in [0.29, 0.717) is 6.42 Å². The van der Waals surface area contributed by atoms with Crippen LogP contribution in [0.5, 0.6) is 0 Å². The molecule has 3 N–H and O–H groups in total. The van der Waals surface area contributed by atoms with Gasteiger partial charge in [-0.1, -0.05) is 13.8 Å². The zero-order valence-corrected chi connectivity index (χ0v) is 13.4. The lowest BCUT2D eigenvalue weighted by Gasteiger charge is -2.44.